The highest BCUT2D eigenvalue weighted by molar-refractivity contribution is 6.10. The van der Waals surface area contributed by atoms with E-state index in [0.29, 0.717) is 27.7 Å². The van der Waals surface area contributed by atoms with Crippen LogP contribution in [0.25, 0.3) is 38.7 Å². The summed E-state index contributed by atoms with van der Waals surface area (Å²) in [5.41, 5.74) is 2.16. The number of methoxy groups -OCH3 is 1. The Morgan fingerprint density at radius 1 is 1.12 bits per heavy atom. The average molecular weight is 428 g/mol. The Kier molecular flexibility index (Phi) is 4.31. The van der Waals surface area contributed by atoms with Gasteiger partial charge in [0.15, 0.2) is 5.43 Å². The predicted octanol–water partition coefficient (Wildman–Crippen LogP) is 5.23. The zero-order valence-electron chi connectivity index (χ0n) is 18.7. The lowest BCUT2D eigenvalue weighted by molar-refractivity contribution is 0.159. The van der Waals surface area contributed by atoms with Crippen LogP contribution >= 0.6 is 0 Å². The molecule has 0 saturated carbocycles. The number of hydrogen-bond donors (Lipinski definition) is 0. The lowest BCUT2D eigenvalue weighted by atomic mass is 9.96. The maximum atomic E-state index is 13.9. The maximum absolute atomic E-state index is 13.9. The van der Waals surface area contributed by atoms with Crippen LogP contribution in [0.1, 0.15) is 19.4 Å². The molecular formula is C26H24N2O4. The molecule has 32 heavy (non-hydrogen) atoms. The van der Waals surface area contributed by atoms with Gasteiger partial charge in [0, 0.05) is 31.1 Å². The van der Waals surface area contributed by atoms with Gasteiger partial charge in [0.1, 0.15) is 11.4 Å². The molecule has 3 aromatic carbocycles. The minimum absolute atomic E-state index is 0.134. The molecule has 1 aliphatic heterocycles. The summed E-state index contributed by atoms with van der Waals surface area (Å²) in [4.78, 5) is 27.7. The summed E-state index contributed by atoms with van der Waals surface area (Å²) in [5.74, 6) is 0.617. The third kappa shape index (κ3) is 2.87. The Hall–Kier alpha value is -3.80. The number of amides is 1. The number of hydrogen-bond acceptors (Lipinski definition) is 4. The van der Waals surface area contributed by atoms with Crippen LogP contribution in [-0.2, 0) is 11.8 Å². The molecule has 1 aromatic heterocycles. The van der Waals surface area contributed by atoms with E-state index in [1.54, 1.807) is 13.1 Å². The molecule has 4 aromatic rings. The standard InChI is InChI=1S/C26H24N2O4/c1-26(2)11-10-17-21(32-26)14-20(28(4)25(30)31-5)22-23(17)27(3)19-13-16-9-7-6-8-15(16)12-18(19)24(22)29/h6-14H,1-5H3. The number of rotatable bonds is 1. The molecule has 1 amide bonds. The molecule has 0 unspecified atom stereocenters. The van der Waals surface area contributed by atoms with Crippen molar-refractivity contribution in [1.82, 2.24) is 4.57 Å². The van der Waals surface area contributed by atoms with Gasteiger partial charge in [0.2, 0.25) is 0 Å². The summed E-state index contributed by atoms with van der Waals surface area (Å²) in [7, 11) is 4.86. The van der Waals surface area contributed by atoms with Crippen LogP contribution in [-0.4, -0.2) is 30.4 Å². The Balaban J connectivity index is 2.00. The van der Waals surface area contributed by atoms with E-state index in [2.05, 4.69) is 0 Å². The summed E-state index contributed by atoms with van der Waals surface area (Å²) >= 11 is 0. The van der Waals surface area contributed by atoms with Gasteiger partial charge in [0.05, 0.1) is 29.2 Å². The van der Waals surface area contributed by atoms with Gasteiger partial charge in [-0.25, -0.2) is 4.79 Å². The number of anilines is 1. The number of nitrogens with zero attached hydrogens (tertiary/aromatic N) is 2. The highest BCUT2D eigenvalue weighted by atomic mass is 16.5. The summed E-state index contributed by atoms with van der Waals surface area (Å²) in [6.45, 7) is 3.93. The van der Waals surface area contributed by atoms with E-state index in [-0.39, 0.29) is 5.43 Å². The Bertz CT molecular complexity index is 1530. The van der Waals surface area contributed by atoms with Gasteiger partial charge >= 0.3 is 6.09 Å². The first-order chi connectivity index (χ1) is 15.2. The van der Waals surface area contributed by atoms with E-state index in [4.69, 9.17) is 9.47 Å². The number of ether oxygens (including phenoxy) is 2. The number of carbonyl (C=O) groups excluding carboxylic acids is 1. The first-order valence-corrected chi connectivity index (χ1v) is 10.4. The summed E-state index contributed by atoms with van der Waals surface area (Å²) in [6, 6.07) is 13.7. The molecule has 0 radical (unpaired) electrons. The molecule has 2 heterocycles. The van der Waals surface area contributed by atoms with Gasteiger partial charge in [-0.3, -0.25) is 9.69 Å². The van der Waals surface area contributed by atoms with Crippen LogP contribution < -0.4 is 15.1 Å². The summed E-state index contributed by atoms with van der Waals surface area (Å²) < 4.78 is 13.2. The van der Waals surface area contributed by atoms with Gasteiger partial charge < -0.3 is 14.0 Å². The highest BCUT2D eigenvalue weighted by Gasteiger charge is 2.28. The van der Waals surface area contributed by atoms with Gasteiger partial charge in [-0.2, -0.15) is 0 Å². The second-order valence-electron chi connectivity index (χ2n) is 8.70. The third-order valence-electron chi connectivity index (χ3n) is 6.15. The van der Waals surface area contributed by atoms with Crippen LogP contribution in [0.5, 0.6) is 5.75 Å². The number of aryl methyl sites for hydroxylation is 1. The van der Waals surface area contributed by atoms with E-state index in [1.165, 1.54) is 12.0 Å². The van der Waals surface area contributed by atoms with E-state index < -0.39 is 11.7 Å². The second-order valence-corrected chi connectivity index (χ2v) is 8.70. The van der Waals surface area contributed by atoms with Crippen LogP contribution in [0.3, 0.4) is 0 Å². The minimum Gasteiger partial charge on any atom is -0.483 e. The summed E-state index contributed by atoms with van der Waals surface area (Å²) in [6.07, 6.45) is 3.42. The van der Waals surface area contributed by atoms with Crippen LogP contribution in [0, 0.1) is 0 Å². The van der Waals surface area contributed by atoms with E-state index >= 15 is 0 Å². The molecular weight excluding hydrogens is 404 g/mol. The first kappa shape index (κ1) is 20.1. The van der Waals surface area contributed by atoms with Crippen molar-refractivity contribution in [1.29, 1.82) is 0 Å². The van der Waals surface area contributed by atoms with Crippen molar-refractivity contribution in [3.63, 3.8) is 0 Å². The Labute approximate surface area is 185 Å². The molecule has 162 valence electrons. The lowest BCUT2D eigenvalue weighted by Crippen LogP contribution is -2.30. The topological polar surface area (TPSA) is 60.8 Å². The van der Waals surface area contributed by atoms with Gasteiger partial charge in [-0.05, 0) is 48.9 Å². The Morgan fingerprint density at radius 3 is 2.50 bits per heavy atom. The van der Waals surface area contributed by atoms with Crippen LogP contribution in [0.2, 0.25) is 0 Å². The average Bonchev–Trinajstić information content (AvgIpc) is 2.78. The van der Waals surface area contributed by atoms with Crippen molar-refractivity contribution < 1.29 is 14.3 Å². The van der Waals surface area contributed by atoms with Crippen molar-refractivity contribution in [3.05, 3.63) is 64.3 Å². The van der Waals surface area contributed by atoms with Crippen molar-refractivity contribution in [2.45, 2.75) is 19.4 Å². The maximum Gasteiger partial charge on any atom is 0.413 e. The third-order valence-corrected chi connectivity index (χ3v) is 6.15. The van der Waals surface area contributed by atoms with E-state index in [9.17, 15) is 9.59 Å². The smallest absolute Gasteiger partial charge is 0.413 e. The SMILES string of the molecule is COC(=O)N(C)c1cc2c(c3c1c(=O)c1cc4ccccc4cc1n3C)C=CC(C)(C)O2. The quantitative estimate of drug-likeness (QED) is 0.390. The summed E-state index contributed by atoms with van der Waals surface area (Å²) in [5, 5.41) is 3.09. The highest BCUT2D eigenvalue weighted by Crippen LogP contribution is 2.41. The molecule has 1 aliphatic rings. The van der Waals surface area contributed by atoms with Gasteiger partial charge in [0.25, 0.3) is 0 Å². The molecule has 5 rings (SSSR count). The van der Waals surface area contributed by atoms with Gasteiger partial charge in [-0.15, -0.1) is 0 Å². The lowest BCUT2D eigenvalue weighted by Gasteiger charge is -2.30. The molecule has 0 N–H and O–H groups in total. The fourth-order valence-corrected chi connectivity index (χ4v) is 4.51. The molecule has 0 spiro atoms. The second kappa shape index (κ2) is 6.85. The zero-order valence-corrected chi connectivity index (χ0v) is 18.7. The van der Waals surface area contributed by atoms with Crippen molar-refractivity contribution >= 4 is 50.4 Å². The normalized spacial score (nSPS) is 14.4. The fourth-order valence-electron chi connectivity index (χ4n) is 4.51. The fraction of sp³-hybridized carbons (Fsp3) is 0.231. The molecule has 6 heteroatoms. The van der Waals surface area contributed by atoms with Gasteiger partial charge in [-0.1, -0.05) is 24.3 Å². The monoisotopic (exact) mass is 428 g/mol. The van der Waals surface area contributed by atoms with Crippen LogP contribution in [0.4, 0.5) is 10.5 Å². The minimum atomic E-state index is -0.558. The largest absolute Gasteiger partial charge is 0.483 e. The number of fused-ring (bicyclic) bond motifs is 5. The van der Waals surface area contributed by atoms with Crippen molar-refractivity contribution in [2.24, 2.45) is 7.05 Å². The molecule has 0 saturated heterocycles. The zero-order chi connectivity index (χ0) is 22.8. The molecule has 0 fully saturated rings. The number of benzene rings is 3. The van der Waals surface area contributed by atoms with E-state index in [1.807, 2.05) is 74.0 Å². The molecule has 0 bridgehead atoms. The Morgan fingerprint density at radius 2 is 1.81 bits per heavy atom. The first-order valence-electron chi connectivity index (χ1n) is 10.4. The molecule has 0 atom stereocenters. The molecule has 6 nitrogen and oxygen atoms in total. The van der Waals surface area contributed by atoms with Crippen LogP contribution in [0.15, 0.2) is 53.3 Å². The number of pyridine rings is 1. The van der Waals surface area contributed by atoms with Crippen molar-refractivity contribution in [2.75, 3.05) is 19.1 Å². The predicted molar refractivity (Wildman–Crippen MR) is 129 cm³/mol. The van der Waals surface area contributed by atoms with Crippen molar-refractivity contribution in [3.8, 4) is 5.75 Å². The molecule has 0 aliphatic carbocycles. The number of carbonyl (C=O) groups is 1. The van der Waals surface area contributed by atoms with E-state index in [0.717, 1.165) is 21.9 Å². The number of aromatic nitrogens is 1.